The van der Waals surface area contributed by atoms with Crippen molar-refractivity contribution in [3.05, 3.63) is 23.5 Å². The van der Waals surface area contributed by atoms with Gasteiger partial charge in [0, 0.05) is 24.3 Å². The van der Waals surface area contributed by atoms with Crippen molar-refractivity contribution >= 4 is 11.7 Å². The molecular weight excluding hydrogens is 192 g/mol. The average Bonchev–Trinajstić information content (AvgIpc) is 2.17. The Morgan fingerprint density at radius 1 is 1.67 bits per heavy atom. The Kier molecular flexibility index (Phi) is 3.69. The molecule has 15 heavy (non-hydrogen) atoms. The molecule has 0 atom stereocenters. The Balaban J connectivity index is 2.80. The highest BCUT2D eigenvalue weighted by Gasteiger charge is 2.06. The van der Waals surface area contributed by atoms with Gasteiger partial charge >= 0.3 is 5.97 Å². The van der Waals surface area contributed by atoms with E-state index in [-0.39, 0.29) is 5.69 Å². The molecule has 1 heterocycles. The Bertz CT molecular complexity index is 408. The fourth-order valence-corrected chi connectivity index (χ4v) is 1.16. The van der Waals surface area contributed by atoms with Gasteiger partial charge in [-0.15, -0.1) is 12.3 Å². The average molecular weight is 204 g/mol. The van der Waals surface area contributed by atoms with E-state index in [2.05, 4.69) is 16.2 Å². The van der Waals surface area contributed by atoms with Crippen LogP contribution in [0.5, 0.6) is 0 Å². The molecule has 1 aromatic heterocycles. The molecule has 1 rings (SSSR count). The van der Waals surface area contributed by atoms with E-state index in [1.807, 2.05) is 0 Å². The largest absolute Gasteiger partial charge is 0.477 e. The van der Waals surface area contributed by atoms with Gasteiger partial charge < -0.3 is 10.4 Å². The topological polar surface area (TPSA) is 62.2 Å². The van der Waals surface area contributed by atoms with Crippen molar-refractivity contribution in [3.63, 3.8) is 0 Å². The van der Waals surface area contributed by atoms with E-state index >= 15 is 0 Å². The first-order chi connectivity index (χ1) is 7.13. The van der Waals surface area contributed by atoms with Crippen LogP contribution in [0.25, 0.3) is 0 Å². The molecule has 0 unspecified atom stereocenters. The zero-order valence-corrected chi connectivity index (χ0v) is 8.45. The van der Waals surface area contributed by atoms with Crippen molar-refractivity contribution in [2.75, 3.05) is 11.9 Å². The maximum absolute atomic E-state index is 10.7. The first-order valence-corrected chi connectivity index (χ1v) is 4.53. The molecule has 0 fully saturated rings. The summed E-state index contributed by atoms with van der Waals surface area (Å²) >= 11 is 0. The molecule has 0 aliphatic heterocycles. The second-order valence-electron chi connectivity index (χ2n) is 3.07. The number of hydrogen-bond acceptors (Lipinski definition) is 3. The molecule has 0 spiro atoms. The van der Waals surface area contributed by atoms with E-state index in [0.717, 1.165) is 5.69 Å². The molecule has 2 N–H and O–H groups in total. The summed E-state index contributed by atoms with van der Waals surface area (Å²) in [6.07, 6.45) is 5.71. The number of carboxylic acid groups (broad SMARTS) is 1. The van der Waals surface area contributed by atoms with Crippen LogP contribution in [0.3, 0.4) is 0 Å². The van der Waals surface area contributed by atoms with Crippen LogP contribution in [-0.2, 0) is 0 Å². The summed E-state index contributed by atoms with van der Waals surface area (Å²) in [5.74, 6) is 1.47. The van der Waals surface area contributed by atoms with E-state index in [0.29, 0.717) is 18.7 Å². The fourth-order valence-electron chi connectivity index (χ4n) is 1.16. The highest BCUT2D eigenvalue weighted by Crippen LogP contribution is 2.11. The van der Waals surface area contributed by atoms with Crippen LogP contribution >= 0.6 is 0 Å². The third kappa shape index (κ3) is 3.31. The summed E-state index contributed by atoms with van der Waals surface area (Å²) in [6.45, 7) is 2.37. The van der Waals surface area contributed by atoms with Gasteiger partial charge in [0.2, 0.25) is 0 Å². The van der Waals surface area contributed by atoms with Gasteiger partial charge in [0.1, 0.15) is 0 Å². The fraction of sp³-hybridized carbons (Fsp3) is 0.273. The molecule has 0 bridgehead atoms. The first-order valence-electron chi connectivity index (χ1n) is 4.53. The van der Waals surface area contributed by atoms with Gasteiger partial charge in [0.25, 0.3) is 0 Å². The Morgan fingerprint density at radius 3 is 3.00 bits per heavy atom. The van der Waals surface area contributed by atoms with Crippen LogP contribution < -0.4 is 5.32 Å². The Hall–Kier alpha value is -2.02. The standard InChI is InChI=1S/C11H12N2O2/c1-3-4-5-12-9-6-8(2)13-10(7-9)11(14)15/h1,6-7H,4-5H2,2H3,(H,12,13)(H,14,15). The highest BCUT2D eigenvalue weighted by atomic mass is 16.4. The number of terminal acetylenes is 1. The number of rotatable bonds is 4. The summed E-state index contributed by atoms with van der Waals surface area (Å²) < 4.78 is 0. The smallest absolute Gasteiger partial charge is 0.354 e. The van der Waals surface area contributed by atoms with E-state index < -0.39 is 5.97 Å². The van der Waals surface area contributed by atoms with E-state index in [1.165, 1.54) is 6.07 Å². The summed E-state index contributed by atoms with van der Waals surface area (Å²) in [4.78, 5) is 14.6. The normalized spacial score (nSPS) is 9.33. The van der Waals surface area contributed by atoms with Crippen LogP contribution in [0.4, 0.5) is 5.69 Å². The number of anilines is 1. The summed E-state index contributed by atoms with van der Waals surface area (Å²) in [5.41, 5.74) is 1.44. The van der Waals surface area contributed by atoms with Crippen molar-refractivity contribution in [3.8, 4) is 12.3 Å². The molecule has 0 amide bonds. The third-order valence-electron chi connectivity index (χ3n) is 1.77. The molecule has 1 aromatic rings. The third-order valence-corrected chi connectivity index (χ3v) is 1.77. The molecule has 0 saturated carbocycles. The van der Waals surface area contributed by atoms with Gasteiger partial charge in [0.05, 0.1) is 0 Å². The number of nitrogens with zero attached hydrogens (tertiary/aromatic N) is 1. The lowest BCUT2D eigenvalue weighted by molar-refractivity contribution is 0.0690. The first kappa shape index (κ1) is 11.1. The lowest BCUT2D eigenvalue weighted by Crippen LogP contribution is -2.06. The second kappa shape index (κ2) is 5.01. The van der Waals surface area contributed by atoms with Gasteiger partial charge in [-0.3, -0.25) is 0 Å². The predicted octanol–water partition coefficient (Wildman–Crippen LogP) is 1.52. The Labute approximate surface area is 88.3 Å². The zero-order chi connectivity index (χ0) is 11.3. The zero-order valence-electron chi connectivity index (χ0n) is 8.45. The van der Waals surface area contributed by atoms with Crippen molar-refractivity contribution in [2.45, 2.75) is 13.3 Å². The minimum atomic E-state index is -1.03. The molecule has 0 aliphatic rings. The van der Waals surface area contributed by atoms with Crippen molar-refractivity contribution < 1.29 is 9.90 Å². The van der Waals surface area contributed by atoms with Crippen LogP contribution in [0.2, 0.25) is 0 Å². The lowest BCUT2D eigenvalue weighted by Gasteiger charge is -2.06. The molecular formula is C11H12N2O2. The minimum absolute atomic E-state index is 0.0400. The predicted molar refractivity (Wildman–Crippen MR) is 57.9 cm³/mol. The summed E-state index contributed by atoms with van der Waals surface area (Å²) in [6, 6.07) is 3.27. The van der Waals surface area contributed by atoms with Crippen LogP contribution in [0.15, 0.2) is 12.1 Å². The molecule has 0 aromatic carbocycles. The molecule has 0 saturated heterocycles. The number of aromatic carboxylic acids is 1. The van der Waals surface area contributed by atoms with E-state index in [4.69, 9.17) is 11.5 Å². The molecule has 0 radical (unpaired) electrons. The second-order valence-corrected chi connectivity index (χ2v) is 3.07. The highest BCUT2D eigenvalue weighted by molar-refractivity contribution is 5.86. The van der Waals surface area contributed by atoms with Crippen molar-refractivity contribution in [2.24, 2.45) is 0 Å². The summed E-state index contributed by atoms with van der Waals surface area (Å²) in [5, 5.41) is 11.8. The molecule has 0 aliphatic carbocycles. The number of carboxylic acids is 1. The van der Waals surface area contributed by atoms with E-state index in [1.54, 1.807) is 13.0 Å². The van der Waals surface area contributed by atoms with Gasteiger partial charge in [0.15, 0.2) is 5.69 Å². The van der Waals surface area contributed by atoms with Gasteiger partial charge in [-0.05, 0) is 19.1 Å². The maximum atomic E-state index is 10.7. The Morgan fingerprint density at radius 2 is 2.40 bits per heavy atom. The van der Waals surface area contributed by atoms with E-state index in [9.17, 15) is 4.79 Å². The van der Waals surface area contributed by atoms with Gasteiger partial charge in [-0.25, -0.2) is 9.78 Å². The number of aromatic nitrogens is 1. The van der Waals surface area contributed by atoms with Crippen LogP contribution in [0.1, 0.15) is 22.6 Å². The molecule has 4 heteroatoms. The number of carbonyl (C=O) groups is 1. The number of nitrogens with one attached hydrogen (secondary N) is 1. The van der Waals surface area contributed by atoms with Gasteiger partial charge in [-0.2, -0.15) is 0 Å². The molecule has 78 valence electrons. The SMILES string of the molecule is C#CCCNc1cc(C)nc(C(=O)O)c1. The lowest BCUT2D eigenvalue weighted by atomic mass is 10.2. The summed E-state index contributed by atoms with van der Waals surface area (Å²) in [7, 11) is 0. The number of hydrogen-bond donors (Lipinski definition) is 2. The van der Waals surface area contributed by atoms with Crippen molar-refractivity contribution in [1.29, 1.82) is 0 Å². The quantitative estimate of drug-likeness (QED) is 0.576. The molecule has 4 nitrogen and oxygen atoms in total. The monoisotopic (exact) mass is 204 g/mol. The van der Waals surface area contributed by atoms with Crippen molar-refractivity contribution in [1.82, 2.24) is 4.98 Å². The van der Waals surface area contributed by atoms with Crippen LogP contribution in [0, 0.1) is 19.3 Å². The number of pyridine rings is 1. The van der Waals surface area contributed by atoms with Crippen LogP contribution in [-0.4, -0.2) is 22.6 Å². The minimum Gasteiger partial charge on any atom is -0.477 e. The maximum Gasteiger partial charge on any atom is 0.354 e. The van der Waals surface area contributed by atoms with Gasteiger partial charge in [-0.1, -0.05) is 0 Å². The number of aryl methyl sites for hydroxylation is 1.